The average Bonchev–Trinajstić information content (AvgIpc) is 2.28. The summed E-state index contributed by atoms with van der Waals surface area (Å²) in [6.07, 6.45) is 96.7. The fourth-order valence-electron chi connectivity index (χ4n) is 10.7. The van der Waals surface area contributed by atoms with E-state index in [4.69, 9.17) is 9.47 Å². The van der Waals surface area contributed by atoms with Gasteiger partial charge in [-0.2, -0.15) is 0 Å². The summed E-state index contributed by atoms with van der Waals surface area (Å²) in [5.74, 6) is -0.206. The van der Waals surface area contributed by atoms with Crippen LogP contribution in [0.15, 0.2) is 146 Å². The van der Waals surface area contributed by atoms with Gasteiger partial charge in [0.1, 0.15) is 24.4 Å². The van der Waals surface area contributed by atoms with Crippen LogP contribution < -0.4 is 5.32 Å². The van der Waals surface area contributed by atoms with Crippen molar-refractivity contribution in [2.75, 3.05) is 13.2 Å². The van der Waals surface area contributed by atoms with Crippen LogP contribution in [0.2, 0.25) is 0 Å². The van der Waals surface area contributed by atoms with Gasteiger partial charge in [-0.25, -0.2) is 0 Å². The summed E-state index contributed by atoms with van der Waals surface area (Å²) in [7, 11) is 0. The van der Waals surface area contributed by atoms with Gasteiger partial charge in [0.2, 0.25) is 5.91 Å². The summed E-state index contributed by atoms with van der Waals surface area (Å²) < 4.78 is 11.3. The summed E-state index contributed by atoms with van der Waals surface area (Å²) in [6, 6.07) is -0.848. The highest BCUT2D eigenvalue weighted by molar-refractivity contribution is 5.76. The Kier molecular flexibility index (Phi) is 62.5. The Morgan fingerprint density at radius 1 is 0.393 bits per heavy atom. The van der Waals surface area contributed by atoms with Crippen LogP contribution in [0.1, 0.15) is 296 Å². The van der Waals surface area contributed by atoms with Crippen LogP contribution in [0.3, 0.4) is 0 Å². The number of rotatable bonds is 62. The molecule has 9 heteroatoms. The lowest BCUT2D eigenvalue weighted by atomic mass is 9.99. The van der Waals surface area contributed by atoms with Crippen molar-refractivity contribution in [1.82, 2.24) is 5.32 Å². The molecule has 7 atom stereocenters. The zero-order chi connectivity index (χ0) is 64.2. The number of nitrogens with one attached hydrogen (secondary N) is 1. The normalized spacial score (nSPS) is 18.8. The molecule has 0 radical (unpaired) electrons. The Morgan fingerprint density at radius 2 is 0.708 bits per heavy atom. The molecule has 508 valence electrons. The smallest absolute Gasteiger partial charge is 0.220 e. The first-order valence-corrected chi connectivity index (χ1v) is 36.6. The molecule has 1 amide bonds. The summed E-state index contributed by atoms with van der Waals surface area (Å²) in [5, 5.41) is 54.8. The third kappa shape index (κ3) is 55.4. The van der Waals surface area contributed by atoms with Gasteiger partial charge in [0.15, 0.2) is 6.29 Å². The topological polar surface area (TPSA) is 149 Å². The van der Waals surface area contributed by atoms with Crippen molar-refractivity contribution in [3.63, 3.8) is 0 Å². The summed E-state index contributed by atoms with van der Waals surface area (Å²) in [6.45, 7) is 3.66. The maximum atomic E-state index is 13.1. The lowest BCUT2D eigenvalue weighted by Crippen LogP contribution is -2.60. The minimum Gasteiger partial charge on any atom is -0.394 e. The lowest BCUT2D eigenvalue weighted by Gasteiger charge is -2.40. The molecular weight excluding hydrogens is 1100 g/mol. The van der Waals surface area contributed by atoms with E-state index in [1.807, 2.05) is 6.08 Å². The summed E-state index contributed by atoms with van der Waals surface area (Å²) >= 11 is 0. The van der Waals surface area contributed by atoms with Crippen LogP contribution in [0.4, 0.5) is 0 Å². The fourth-order valence-corrected chi connectivity index (χ4v) is 10.7. The maximum Gasteiger partial charge on any atom is 0.220 e. The van der Waals surface area contributed by atoms with Gasteiger partial charge in [0, 0.05) is 6.42 Å². The molecule has 1 heterocycles. The van der Waals surface area contributed by atoms with Crippen molar-refractivity contribution in [3.8, 4) is 0 Å². The molecule has 89 heavy (non-hydrogen) atoms. The third-order valence-electron chi connectivity index (χ3n) is 16.4. The van der Waals surface area contributed by atoms with Gasteiger partial charge in [0.05, 0.1) is 25.4 Å². The largest absolute Gasteiger partial charge is 0.394 e. The van der Waals surface area contributed by atoms with Gasteiger partial charge in [-0.1, -0.05) is 320 Å². The van der Waals surface area contributed by atoms with Crippen molar-refractivity contribution >= 4 is 5.91 Å². The molecule has 9 nitrogen and oxygen atoms in total. The number of amides is 1. The highest BCUT2D eigenvalue weighted by Crippen LogP contribution is 2.23. The highest BCUT2D eigenvalue weighted by Gasteiger charge is 2.44. The molecule has 6 N–H and O–H groups in total. The van der Waals surface area contributed by atoms with E-state index in [-0.39, 0.29) is 12.5 Å². The molecule has 0 aliphatic carbocycles. The van der Waals surface area contributed by atoms with Crippen LogP contribution in [0, 0.1) is 0 Å². The molecular formula is C80H135NO8. The third-order valence-corrected chi connectivity index (χ3v) is 16.4. The second kappa shape index (κ2) is 67.0. The first-order chi connectivity index (χ1) is 43.8. The second-order valence-corrected chi connectivity index (χ2v) is 24.6. The van der Waals surface area contributed by atoms with E-state index in [2.05, 4.69) is 153 Å². The molecule has 1 aliphatic heterocycles. The first-order valence-electron chi connectivity index (χ1n) is 36.6. The van der Waals surface area contributed by atoms with Gasteiger partial charge in [0.25, 0.3) is 0 Å². The van der Waals surface area contributed by atoms with Gasteiger partial charge in [-0.3, -0.25) is 4.79 Å². The van der Waals surface area contributed by atoms with Crippen molar-refractivity contribution < 1.29 is 39.8 Å². The Morgan fingerprint density at radius 3 is 1.08 bits per heavy atom. The van der Waals surface area contributed by atoms with Crippen LogP contribution in [0.5, 0.6) is 0 Å². The molecule has 0 bridgehead atoms. The number of carbonyl (C=O) groups is 1. The predicted octanol–water partition coefficient (Wildman–Crippen LogP) is 20.5. The minimum atomic E-state index is -1.59. The molecule has 0 aromatic heterocycles. The van der Waals surface area contributed by atoms with E-state index in [0.717, 1.165) is 122 Å². The highest BCUT2D eigenvalue weighted by atomic mass is 16.7. The lowest BCUT2D eigenvalue weighted by molar-refractivity contribution is -0.302. The average molecular weight is 1240 g/mol. The van der Waals surface area contributed by atoms with E-state index in [9.17, 15) is 30.3 Å². The van der Waals surface area contributed by atoms with Gasteiger partial charge >= 0.3 is 0 Å². The van der Waals surface area contributed by atoms with E-state index in [1.165, 1.54) is 154 Å². The molecule has 0 aromatic rings. The standard InChI is InChI=1S/C80H135NO8/c1-3-5-7-9-11-13-15-17-19-21-23-25-27-29-31-33-35-36-37-38-40-42-44-46-48-50-52-54-56-58-60-62-64-66-68-70-76(84)81-73(72-88-80-79(87)78(86)77(85)75(71-82)89-80)74(83)69-67-65-63-61-59-57-55-53-51-49-47-45-43-41-39-34-32-30-28-26-24-22-20-18-16-14-12-10-8-6-4-2/h5,7,11,13,17,19,23,25,29,31,35-36,38,40,44,46,50-53,59,61,67,69,73-75,77-80,82-83,85-87H,3-4,6,8-10,12,14-16,18,20-22,24,26-28,30,32-34,37,39,41-43,45,47-49,54-58,60,62-66,68,70-72H2,1-2H3,(H,81,84)/b7-5-,13-11-,19-17-,25-23-,31-29-,36-35-,40-38-,46-44-,52-50-,53-51+,61-59+,69-67+. The van der Waals surface area contributed by atoms with Gasteiger partial charge in [-0.15, -0.1) is 0 Å². The number of hydrogen-bond donors (Lipinski definition) is 6. The molecule has 1 fully saturated rings. The van der Waals surface area contributed by atoms with E-state index >= 15 is 0 Å². The number of ether oxygens (including phenoxy) is 2. The number of unbranched alkanes of at least 4 members (excludes halogenated alkanes) is 30. The van der Waals surface area contributed by atoms with Gasteiger partial charge in [-0.05, 0) is 116 Å². The zero-order valence-electron chi connectivity index (χ0n) is 56.9. The van der Waals surface area contributed by atoms with E-state index in [0.29, 0.717) is 6.42 Å². The molecule has 1 aliphatic rings. The zero-order valence-corrected chi connectivity index (χ0v) is 56.9. The van der Waals surface area contributed by atoms with Crippen LogP contribution in [0.25, 0.3) is 0 Å². The second-order valence-electron chi connectivity index (χ2n) is 24.6. The van der Waals surface area contributed by atoms with Crippen molar-refractivity contribution in [2.24, 2.45) is 0 Å². The van der Waals surface area contributed by atoms with Crippen LogP contribution in [-0.2, 0) is 14.3 Å². The van der Waals surface area contributed by atoms with Crippen molar-refractivity contribution in [3.05, 3.63) is 146 Å². The Labute approximate surface area is 546 Å². The quantitative estimate of drug-likeness (QED) is 0.0261. The number of carbonyl (C=O) groups excluding carboxylic acids is 1. The van der Waals surface area contributed by atoms with Crippen molar-refractivity contribution in [1.29, 1.82) is 0 Å². The summed E-state index contributed by atoms with van der Waals surface area (Å²) in [4.78, 5) is 13.1. The predicted molar refractivity (Wildman–Crippen MR) is 382 cm³/mol. The maximum absolute atomic E-state index is 13.1. The first kappa shape index (κ1) is 83.1. The number of aliphatic hydroxyl groups excluding tert-OH is 5. The Balaban J connectivity index is 2.20. The monoisotopic (exact) mass is 1240 g/mol. The van der Waals surface area contributed by atoms with Crippen LogP contribution in [-0.4, -0.2) is 87.5 Å². The van der Waals surface area contributed by atoms with Gasteiger partial charge < -0.3 is 40.3 Å². The van der Waals surface area contributed by atoms with Crippen molar-refractivity contribution in [2.45, 2.75) is 339 Å². The SMILES string of the molecule is CC/C=C\C/C=C\C/C=C\C/C=C\C/C=C\C/C=C\C/C=C\C/C=C\C/C=C\CCCCCCCCCC(=O)NC(COC1OC(CO)C(O)C(O)C1O)C(O)/C=C/CC/C=C/CC/C=C/CCCCCCCCCCCCCCCCCCCCCCC. The van der Waals surface area contributed by atoms with Crippen LogP contribution >= 0.6 is 0 Å². The number of aliphatic hydroxyl groups is 5. The van der Waals surface area contributed by atoms with E-state index < -0.39 is 49.5 Å². The number of allylic oxidation sites excluding steroid dienone is 23. The minimum absolute atomic E-state index is 0.206. The fraction of sp³-hybridized carbons (Fsp3) is 0.688. The summed E-state index contributed by atoms with van der Waals surface area (Å²) in [5.41, 5.74) is 0. The molecule has 0 aromatic carbocycles. The molecule has 0 saturated carbocycles. The van der Waals surface area contributed by atoms with E-state index in [1.54, 1.807) is 6.08 Å². The Bertz CT molecular complexity index is 1920. The Hall–Kier alpha value is -3.93. The number of hydrogen-bond acceptors (Lipinski definition) is 8. The molecule has 7 unspecified atom stereocenters. The molecule has 1 rings (SSSR count). The molecule has 1 saturated heterocycles. The molecule has 0 spiro atoms.